The molecule has 0 aliphatic carbocycles. The van der Waals surface area contributed by atoms with E-state index >= 15 is 0 Å². The standard InChI is InChI=1S/C18H28N4O3/c1-20-6-4-19-16(20)10-21-5-3-18(12-21)13-22(7-9-25-14-18)17(23)15-2-8-24-11-15/h4,6,15H,2-3,5,7-14H2,1H3. The van der Waals surface area contributed by atoms with Crippen molar-refractivity contribution in [3.05, 3.63) is 18.2 Å². The number of imidazole rings is 1. The summed E-state index contributed by atoms with van der Waals surface area (Å²) in [5.74, 6) is 1.38. The highest BCUT2D eigenvalue weighted by atomic mass is 16.5. The SMILES string of the molecule is Cn1ccnc1CN1CCC2(COCCN(C(=O)C3CCOC3)C2)C1. The third kappa shape index (κ3) is 3.59. The van der Waals surface area contributed by atoms with Crippen molar-refractivity contribution in [2.75, 3.05) is 52.6 Å². The van der Waals surface area contributed by atoms with Gasteiger partial charge in [0.15, 0.2) is 0 Å². The normalized spacial score (nSPS) is 30.9. The van der Waals surface area contributed by atoms with Crippen LogP contribution in [0.5, 0.6) is 0 Å². The van der Waals surface area contributed by atoms with Crippen molar-refractivity contribution in [2.24, 2.45) is 18.4 Å². The van der Waals surface area contributed by atoms with Crippen LogP contribution in [-0.2, 0) is 27.9 Å². The quantitative estimate of drug-likeness (QED) is 0.796. The molecule has 0 N–H and O–H groups in total. The second-order valence-electron chi connectivity index (χ2n) is 7.79. The van der Waals surface area contributed by atoms with E-state index in [2.05, 4.69) is 14.5 Å². The molecule has 4 heterocycles. The highest BCUT2D eigenvalue weighted by Crippen LogP contribution is 2.34. The largest absolute Gasteiger partial charge is 0.381 e. The molecule has 2 atom stereocenters. The Morgan fingerprint density at radius 1 is 1.32 bits per heavy atom. The van der Waals surface area contributed by atoms with Gasteiger partial charge in [-0.1, -0.05) is 0 Å². The Hall–Kier alpha value is -1.44. The van der Waals surface area contributed by atoms with Crippen LogP contribution in [0.4, 0.5) is 0 Å². The first-order valence-corrected chi connectivity index (χ1v) is 9.28. The van der Waals surface area contributed by atoms with Gasteiger partial charge in [0.1, 0.15) is 5.82 Å². The number of amides is 1. The minimum Gasteiger partial charge on any atom is -0.381 e. The zero-order valence-electron chi connectivity index (χ0n) is 15.0. The molecule has 25 heavy (non-hydrogen) atoms. The molecule has 0 bridgehead atoms. The molecule has 3 aliphatic heterocycles. The van der Waals surface area contributed by atoms with Crippen LogP contribution >= 0.6 is 0 Å². The average molecular weight is 348 g/mol. The lowest BCUT2D eigenvalue weighted by Gasteiger charge is -2.33. The van der Waals surface area contributed by atoms with Crippen LogP contribution in [0, 0.1) is 11.3 Å². The van der Waals surface area contributed by atoms with Gasteiger partial charge in [0.2, 0.25) is 5.91 Å². The number of nitrogens with zero attached hydrogens (tertiary/aromatic N) is 4. The van der Waals surface area contributed by atoms with Crippen molar-refractivity contribution < 1.29 is 14.3 Å². The van der Waals surface area contributed by atoms with Crippen LogP contribution in [0.25, 0.3) is 0 Å². The summed E-state index contributed by atoms with van der Waals surface area (Å²) in [4.78, 5) is 21.8. The van der Waals surface area contributed by atoms with Crippen molar-refractivity contribution in [1.29, 1.82) is 0 Å². The van der Waals surface area contributed by atoms with Gasteiger partial charge in [-0.05, 0) is 19.4 Å². The number of aromatic nitrogens is 2. The van der Waals surface area contributed by atoms with Gasteiger partial charge in [-0.15, -0.1) is 0 Å². The Morgan fingerprint density at radius 3 is 3.00 bits per heavy atom. The van der Waals surface area contributed by atoms with Gasteiger partial charge in [-0.25, -0.2) is 4.98 Å². The molecule has 0 saturated carbocycles. The second kappa shape index (κ2) is 7.05. The maximum absolute atomic E-state index is 12.8. The maximum atomic E-state index is 12.8. The molecule has 7 heteroatoms. The lowest BCUT2D eigenvalue weighted by atomic mass is 9.87. The number of carbonyl (C=O) groups is 1. The zero-order chi connectivity index (χ0) is 17.3. The number of hydrogen-bond acceptors (Lipinski definition) is 5. The first kappa shape index (κ1) is 17.0. The lowest BCUT2D eigenvalue weighted by Crippen LogP contribution is -2.45. The molecule has 7 nitrogen and oxygen atoms in total. The molecule has 138 valence electrons. The summed E-state index contributed by atoms with van der Waals surface area (Å²) in [6, 6.07) is 0. The summed E-state index contributed by atoms with van der Waals surface area (Å²) in [7, 11) is 2.03. The summed E-state index contributed by atoms with van der Waals surface area (Å²) in [5.41, 5.74) is 0.0524. The first-order chi connectivity index (χ1) is 12.2. The second-order valence-corrected chi connectivity index (χ2v) is 7.79. The summed E-state index contributed by atoms with van der Waals surface area (Å²) >= 11 is 0. The van der Waals surface area contributed by atoms with Gasteiger partial charge in [-0.3, -0.25) is 9.69 Å². The van der Waals surface area contributed by atoms with Crippen LogP contribution in [0.3, 0.4) is 0 Å². The number of ether oxygens (including phenoxy) is 2. The number of carbonyl (C=O) groups excluding carboxylic acids is 1. The Balaban J connectivity index is 1.41. The van der Waals surface area contributed by atoms with E-state index in [4.69, 9.17) is 9.47 Å². The summed E-state index contributed by atoms with van der Waals surface area (Å²) < 4.78 is 13.4. The van der Waals surface area contributed by atoms with Crippen molar-refractivity contribution in [1.82, 2.24) is 19.4 Å². The summed E-state index contributed by atoms with van der Waals surface area (Å²) in [6.45, 7) is 7.04. The van der Waals surface area contributed by atoms with Gasteiger partial charge in [0.25, 0.3) is 0 Å². The molecule has 3 aliphatic rings. The molecule has 4 rings (SSSR count). The van der Waals surface area contributed by atoms with E-state index in [0.717, 1.165) is 51.5 Å². The molecule has 1 aromatic heterocycles. The van der Waals surface area contributed by atoms with Crippen molar-refractivity contribution in [2.45, 2.75) is 19.4 Å². The molecular weight excluding hydrogens is 320 g/mol. The number of rotatable bonds is 3. The predicted octanol–water partition coefficient (Wildman–Crippen LogP) is 0.508. The highest BCUT2D eigenvalue weighted by Gasteiger charge is 2.43. The van der Waals surface area contributed by atoms with E-state index in [0.29, 0.717) is 26.4 Å². The van der Waals surface area contributed by atoms with E-state index in [9.17, 15) is 4.79 Å². The minimum absolute atomic E-state index is 0.0419. The molecule has 3 fully saturated rings. The van der Waals surface area contributed by atoms with E-state index in [1.807, 2.05) is 24.3 Å². The smallest absolute Gasteiger partial charge is 0.228 e. The van der Waals surface area contributed by atoms with E-state index in [-0.39, 0.29) is 17.2 Å². The van der Waals surface area contributed by atoms with E-state index in [1.54, 1.807) is 0 Å². The minimum atomic E-state index is 0.0419. The molecule has 1 amide bonds. The van der Waals surface area contributed by atoms with Gasteiger partial charge in [0.05, 0.1) is 32.3 Å². The number of aryl methyl sites for hydroxylation is 1. The first-order valence-electron chi connectivity index (χ1n) is 9.28. The highest BCUT2D eigenvalue weighted by molar-refractivity contribution is 5.79. The Labute approximate surface area is 148 Å². The Morgan fingerprint density at radius 2 is 2.24 bits per heavy atom. The molecule has 1 aromatic rings. The van der Waals surface area contributed by atoms with Crippen LogP contribution in [-0.4, -0.2) is 77.9 Å². The van der Waals surface area contributed by atoms with Crippen molar-refractivity contribution >= 4 is 5.91 Å². The van der Waals surface area contributed by atoms with Crippen molar-refractivity contribution in [3.63, 3.8) is 0 Å². The molecular formula is C18H28N4O3. The van der Waals surface area contributed by atoms with Crippen LogP contribution < -0.4 is 0 Å². The fourth-order valence-corrected chi connectivity index (χ4v) is 4.33. The van der Waals surface area contributed by atoms with Gasteiger partial charge < -0.3 is 18.9 Å². The Bertz CT molecular complexity index is 613. The molecule has 0 radical (unpaired) electrons. The topological polar surface area (TPSA) is 59.8 Å². The monoisotopic (exact) mass is 348 g/mol. The maximum Gasteiger partial charge on any atom is 0.228 e. The third-order valence-corrected chi connectivity index (χ3v) is 5.83. The van der Waals surface area contributed by atoms with Gasteiger partial charge in [-0.2, -0.15) is 0 Å². The van der Waals surface area contributed by atoms with Gasteiger partial charge >= 0.3 is 0 Å². The number of likely N-dealkylation sites (tertiary alicyclic amines) is 1. The zero-order valence-corrected chi connectivity index (χ0v) is 15.0. The van der Waals surface area contributed by atoms with Crippen LogP contribution in [0.15, 0.2) is 12.4 Å². The van der Waals surface area contributed by atoms with E-state index < -0.39 is 0 Å². The fourth-order valence-electron chi connectivity index (χ4n) is 4.33. The molecule has 3 saturated heterocycles. The fraction of sp³-hybridized carbons (Fsp3) is 0.778. The molecule has 2 unspecified atom stereocenters. The van der Waals surface area contributed by atoms with E-state index in [1.165, 1.54) is 0 Å². The van der Waals surface area contributed by atoms with Crippen LogP contribution in [0.2, 0.25) is 0 Å². The summed E-state index contributed by atoms with van der Waals surface area (Å²) in [6.07, 6.45) is 5.76. The molecule has 1 spiro atoms. The van der Waals surface area contributed by atoms with Crippen molar-refractivity contribution in [3.8, 4) is 0 Å². The molecule has 0 aromatic carbocycles. The predicted molar refractivity (Wildman–Crippen MR) is 91.9 cm³/mol. The number of hydrogen-bond donors (Lipinski definition) is 0. The van der Waals surface area contributed by atoms with Crippen LogP contribution in [0.1, 0.15) is 18.7 Å². The summed E-state index contributed by atoms with van der Waals surface area (Å²) in [5, 5.41) is 0. The lowest BCUT2D eigenvalue weighted by molar-refractivity contribution is -0.136. The average Bonchev–Trinajstić information content (AvgIpc) is 3.31. The van der Waals surface area contributed by atoms with Gasteiger partial charge in [0, 0.05) is 51.1 Å². The Kier molecular flexibility index (Phi) is 4.80. The third-order valence-electron chi connectivity index (χ3n) is 5.83.